The van der Waals surface area contributed by atoms with Gasteiger partial charge >= 0.3 is 0 Å². The van der Waals surface area contributed by atoms with Crippen LogP contribution in [-0.2, 0) is 22.6 Å². The van der Waals surface area contributed by atoms with Gasteiger partial charge in [0.05, 0.1) is 24.4 Å². The third kappa shape index (κ3) is 3.54. The van der Waals surface area contributed by atoms with Gasteiger partial charge in [0.2, 0.25) is 0 Å². The first kappa shape index (κ1) is 19.7. The van der Waals surface area contributed by atoms with Crippen LogP contribution in [0.2, 0.25) is 0 Å². The third-order valence-electron chi connectivity index (χ3n) is 5.47. The second kappa shape index (κ2) is 8.03. The molecule has 1 unspecified atom stereocenters. The number of Topliss-reactive ketones (excluding diaryl/α,β-unsaturated/α-hetero) is 1. The average molecular weight is 401 g/mol. The van der Waals surface area contributed by atoms with Crippen molar-refractivity contribution >= 4 is 17.4 Å². The molecule has 2 heterocycles. The zero-order chi connectivity index (χ0) is 21.3. The van der Waals surface area contributed by atoms with Crippen LogP contribution in [0.15, 0.2) is 76.9 Å². The molecule has 30 heavy (non-hydrogen) atoms. The van der Waals surface area contributed by atoms with Gasteiger partial charge in [-0.05, 0) is 36.6 Å². The smallest absolute Gasteiger partial charge is 0.296 e. The summed E-state index contributed by atoms with van der Waals surface area (Å²) in [5.41, 5.74) is 3.56. The molecule has 152 valence electrons. The minimum absolute atomic E-state index is 0.0969. The van der Waals surface area contributed by atoms with Gasteiger partial charge in [-0.15, -0.1) is 0 Å². The highest BCUT2D eigenvalue weighted by Crippen LogP contribution is 2.40. The summed E-state index contributed by atoms with van der Waals surface area (Å²) in [5, 5.41) is 11.0. The minimum atomic E-state index is -0.692. The van der Waals surface area contributed by atoms with E-state index < -0.39 is 17.7 Å². The van der Waals surface area contributed by atoms with E-state index in [1.165, 1.54) is 11.2 Å². The Morgan fingerprint density at radius 1 is 1.03 bits per heavy atom. The molecular weight excluding hydrogens is 378 g/mol. The van der Waals surface area contributed by atoms with Gasteiger partial charge in [0.15, 0.2) is 0 Å². The maximum atomic E-state index is 13.0. The van der Waals surface area contributed by atoms with Gasteiger partial charge in [0.25, 0.3) is 11.7 Å². The summed E-state index contributed by atoms with van der Waals surface area (Å²) in [6.45, 7) is 4.15. The van der Waals surface area contributed by atoms with Gasteiger partial charge < -0.3 is 14.4 Å². The van der Waals surface area contributed by atoms with Gasteiger partial charge in [-0.3, -0.25) is 9.59 Å². The number of hydrogen-bond acceptors (Lipinski definition) is 4. The van der Waals surface area contributed by atoms with E-state index in [9.17, 15) is 14.7 Å². The van der Waals surface area contributed by atoms with Crippen LogP contribution in [0, 0.1) is 6.92 Å². The van der Waals surface area contributed by atoms with E-state index in [2.05, 4.69) is 6.92 Å². The summed E-state index contributed by atoms with van der Waals surface area (Å²) in [4.78, 5) is 27.4. The SMILES string of the molecule is CCc1ccc(C2/C(=C(\O)c3ccc(C)cc3)C(=O)C(=O)N2Cc2ccco2)cc1. The maximum absolute atomic E-state index is 13.0. The van der Waals surface area contributed by atoms with Crippen LogP contribution >= 0.6 is 0 Å². The number of rotatable bonds is 5. The zero-order valence-corrected chi connectivity index (χ0v) is 17.0. The number of aliphatic hydroxyl groups is 1. The van der Waals surface area contributed by atoms with E-state index >= 15 is 0 Å². The molecule has 1 aliphatic rings. The number of benzene rings is 2. The minimum Gasteiger partial charge on any atom is -0.507 e. The standard InChI is InChI=1S/C25H23NO4/c1-3-17-8-12-18(13-9-17)22-21(23(27)19-10-6-16(2)7-11-19)24(28)25(29)26(22)15-20-5-4-14-30-20/h4-14,22,27H,3,15H2,1-2H3/b23-21+. The molecule has 1 amide bonds. The summed E-state index contributed by atoms with van der Waals surface area (Å²) in [7, 11) is 0. The molecule has 5 nitrogen and oxygen atoms in total. The molecule has 0 spiro atoms. The molecule has 0 saturated carbocycles. The monoisotopic (exact) mass is 401 g/mol. The first-order valence-corrected chi connectivity index (χ1v) is 9.96. The maximum Gasteiger partial charge on any atom is 0.296 e. The van der Waals surface area contributed by atoms with Crippen molar-refractivity contribution in [2.24, 2.45) is 0 Å². The van der Waals surface area contributed by atoms with Crippen molar-refractivity contribution in [2.75, 3.05) is 0 Å². The van der Waals surface area contributed by atoms with Crippen LogP contribution < -0.4 is 0 Å². The van der Waals surface area contributed by atoms with E-state index in [1.54, 1.807) is 24.3 Å². The van der Waals surface area contributed by atoms with Crippen LogP contribution in [-0.4, -0.2) is 21.7 Å². The number of furan rings is 1. The molecule has 1 aromatic heterocycles. The predicted octanol–water partition coefficient (Wildman–Crippen LogP) is 4.77. The summed E-state index contributed by atoms with van der Waals surface area (Å²) < 4.78 is 5.41. The van der Waals surface area contributed by atoms with E-state index in [-0.39, 0.29) is 17.9 Å². The molecule has 5 heteroatoms. The Kier molecular flexibility index (Phi) is 5.27. The van der Waals surface area contributed by atoms with Crippen molar-refractivity contribution in [1.29, 1.82) is 0 Å². The molecule has 1 aliphatic heterocycles. The van der Waals surface area contributed by atoms with E-state index in [1.807, 2.05) is 43.3 Å². The lowest BCUT2D eigenvalue weighted by Gasteiger charge is -2.24. The fraction of sp³-hybridized carbons (Fsp3) is 0.200. The fourth-order valence-corrected chi connectivity index (χ4v) is 3.76. The normalized spacial score (nSPS) is 18.2. The Morgan fingerprint density at radius 3 is 2.33 bits per heavy atom. The largest absolute Gasteiger partial charge is 0.507 e. The highest BCUT2D eigenvalue weighted by Gasteiger charge is 2.46. The van der Waals surface area contributed by atoms with Gasteiger partial charge in [-0.25, -0.2) is 0 Å². The number of carbonyl (C=O) groups excluding carboxylic acids is 2. The number of nitrogens with zero attached hydrogens (tertiary/aromatic N) is 1. The Morgan fingerprint density at radius 2 is 1.73 bits per heavy atom. The fourth-order valence-electron chi connectivity index (χ4n) is 3.76. The van der Waals surface area contributed by atoms with Crippen LogP contribution in [0.25, 0.3) is 5.76 Å². The van der Waals surface area contributed by atoms with E-state index in [0.717, 1.165) is 23.1 Å². The number of aryl methyl sites for hydroxylation is 2. The topological polar surface area (TPSA) is 70.8 Å². The van der Waals surface area contributed by atoms with Crippen molar-refractivity contribution in [2.45, 2.75) is 32.9 Å². The van der Waals surface area contributed by atoms with Crippen LogP contribution in [0.1, 0.15) is 41.0 Å². The molecule has 1 fully saturated rings. The summed E-state index contributed by atoms with van der Waals surface area (Å²) in [6.07, 6.45) is 2.42. The lowest BCUT2D eigenvalue weighted by Crippen LogP contribution is -2.29. The molecule has 2 aromatic carbocycles. The Bertz CT molecular complexity index is 1090. The number of likely N-dealkylation sites (tertiary alicyclic amines) is 1. The predicted molar refractivity (Wildman–Crippen MR) is 114 cm³/mol. The molecule has 0 bridgehead atoms. The third-order valence-corrected chi connectivity index (χ3v) is 5.47. The van der Waals surface area contributed by atoms with Gasteiger partial charge in [-0.2, -0.15) is 0 Å². The average Bonchev–Trinajstić information content (AvgIpc) is 3.36. The van der Waals surface area contributed by atoms with Crippen molar-refractivity contribution in [3.05, 3.63) is 101 Å². The van der Waals surface area contributed by atoms with Crippen molar-refractivity contribution in [1.82, 2.24) is 4.90 Å². The van der Waals surface area contributed by atoms with Gasteiger partial charge in [0, 0.05) is 5.56 Å². The number of carbonyl (C=O) groups is 2. The highest BCUT2D eigenvalue weighted by molar-refractivity contribution is 6.46. The van der Waals surface area contributed by atoms with Crippen LogP contribution in [0.5, 0.6) is 0 Å². The molecule has 0 aliphatic carbocycles. The van der Waals surface area contributed by atoms with E-state index in [4.69, 9.17) is 4.42 Å². The van der Waals surface area contributed by atoms with Crippen molar-refractivity contribution in [3.63, 3.8) is 0 Å². The first-order chi connectivity index (χ1) is 14.5. The van der Waals surface area contributed by atoms with Crippen molar-refractivity contribution in [3.8, 4) is 0 Å². The van der Waals surface area contributed by atoms with Gasteiger partial charge in [0.1, 0.15) is 11.5 Å². The Hall–Kier alpha value is -3.60. The Balaban J connectivity index is 1.85. The molecule has 1 atom stereocenters. The quantitative estimate of drug-likeness (QED) is 0.380. The Labute approximate surface area is 175 Å². The molecule has 4 rings (SSSR count). The summed E-state index contributed by atoms with van der Waals surface area (Å²) >= 11 is 0. The highest BCUT2D eigenvalue weighted by atomic mass is 16.3. The second-order valence-electron chi connectivity index (χ2n) is 7.47. The summed E-state index contributed by atoms with van der Waals surface area (Å²) in [5.74, 6) is -0.934. The number of hydrogen-bond donors (Lipinski definition) is 1. The van der Waals surface area contributed by atoms with E-state index in [0.29, 0.717) is 11.3 Å². The zero-order valence-electron chi connectivity index (χ0n) is 17.0. The molecular formula is C25H23NO4. The lowest BCUT2D eigenvalue weighted by atomic mass is 9.94. The van der Waals surface area contributed by atoms with Crippen molar-refractivity contribution < 1.29 is 19.1 Å². The van der Waals surface area contributed by atoms with Crippen LogP contribution in [0.4, 0.5) is 0 Å². The van der Waals surface area contributed by atoms with Crippen LogP contribution in [0.3, 0.4) is 0 Å². The number of ketones is 1. The van der Waals surface area contributed by atoms with Gasteiger partial charge in [-0.1, -0.05) is 61.0 Å². The molecule has 3 aromatic rings. The first-order valence-electron chi connectivity index (χ1n) is 9.96. The molecule has 1 saturated heterocycles. The number of amides is 1. The summed E-state index contributed by atoms with van der Waals surface area (Å²) in [6, 6.07) is 17.8. The lowest BCUT2D eigenvalue weighted by molar-refractivity contribution is -0.140. The molecule has 0 radical (unpaired) electrons. The second-order valence-corrected chi connectivity index (χ2v) is 7.47. The molecule has 1 N–H and O–H groups in total. The number of aliphatic hydroxyl groups excluding tert-OH is 1.